The first-order valence-corrected chi connectivity index (χ1v) is 8.84. The lowest BCUT2D eigenvalue weighted by Crippen LogP contribution is -2.40. The molecule has 24 heavy (non-hydrogen) atoms. The number of ether oxygens (including phenoxy) is 1. The second-order valence-electron chi connectivity index (χ2n) is 6.83. The maximum absolute atomic E-state index is 12.3. The molecule has 1 aromatic rings. The Bertz CT molecular complexity index is 567. The van der Waals surface area contributed by atoms with Crippen LogP contribution in [0.5, 0.6) is 5.75 Å². The van der Waals surface area contributed by atoms with Gasteiger partial charge in [0.05, 0.1) is 0 Å². The van der Waals surface area contributed by atoms with Crippen molar-refractivity contribution in [1.29, 1.82) is 0 Å². The van der Waals surface area contributed by atoms with E-state index in [0.717, 1.165) is 51.2 Å². The predicted molar refractivity (Wildman–Crippen MR) is 91.6 cm³/mol. The van der Waals surface area contributed by atoms with E-state index in [2.05, 4.69) is 0 Å². The number of carbonyl (C=O) groups is 2. The van der Waals surface area contributed by atoms with Crippen LogP contribution in [0.3, 0.4) is 0 Å². The van der Waals surface area contributed by atoms with E-state index in [1.807, 2.05) is 40.1 Å². The second-order valence-corrected chi connectivity index (χ2v) is 6.83. The molecular weight excluding hydrogens is 304 g/mol. The molecule has 2 aliphatic heterocycles. The summed E-state index contributed by atoms with van der Waals surface area (Å²) < 4.78 is 5.57. The number of nitrogens with zero attached hydrogens (tertiary/aromatic N) is 2. The van der Waals surface area contributed by atoms with E-state index >= 15 is 0 Å². The molecule has 0 bridgehead atoms. The Morgan fingerprint density at radius 3 is 2.29 bits per heavy atom. The predicted octanol–water partition coefficient (Wildman–Crippen LogP) is 2.17. The van der Waals surface area contributed by atoms with E-state index in [-0.39, 0.29) is 18.4 Å². The molecule has 2 heterocycles. The summed E-state index contributed by atoms with van der Waals surface area (Å²) in [6, 6.07) is 9.46. The Balaban J connectivity index is 1.43. The van der Waals surface area contributed by atoms with Crippen molar-refractivity contribution in [2.24, 2.45) is 11.8 Å². The average Bonchev–Trinajstić information content (AvgIpc) is 3.11. The summed E-state index contributed by atoms with van der Waals surface area (Å²) in [4.78, 5) is 27.6. The van der Waals surface area contributed by atoms with Crippen molar-refractivity contribution < 1.29 is 14.3 Å². The highest BCUT2D eigenvalue weighted by atomic mass is 16.5. The van der Waals surface area contributed by atoms with Gasteiger partial charge in [-0.15, -0.1) is 0 Å². The maximum atomic E-state index is 12.3. The summed E-state index contributed by atoms with van der Waals surface area (Å²) in [6.45, 7) is 5.14. The Labute approximate surface area is 143 Å². The van der Waals surface area contributed by atoms with Gasteiger partial charge in [-0.1, -0.05) is 18.2 Å². The molecule has 0 radical (unpaired) electrons. The van der Waals surface area contributed by atoms with Crippen LogP contribution in [-0.2, 0) is 9.59 Å². The van der Waals surface area contributed by atoms with Crippen LogP contribution < -0.4 is 4.74 Å². The van der Waals surface area contributed by atoms with Crippen molar-refractivity contribution >= 4 is 11.8 Å². The summed E-state index contributed by atoms with van der Waals surface area (Å²) in [5.74, 6) is 2.18. The van der Waals surface area contributed by atoms with Gasteiger partial charge in [-0.05, 0) is 43.2 Å². The van der Waals surface area contributed by atoms with Crippen LogP contribution in [0.2, 0.25) is 0 Å². The molecule has 0 spiro atoms. The molecule has 2 amide bonds. The summed E-state index contributed by atoms with van der Waals surface area (Å²) >= 11 is 0. The molecule has 1 unspecified atom stereocenters. The fourth-order valence-electron chi connectivity index (χ4n) is 3.84. The molecule has 1 atom stereocenters. The van der Waals surface area contributed by atoms with E-state index < -0.39 is 0 Å². The third-order valence-corrected chi connectivity index (χ3v) is 5.33. The van der Waals surface area contributed by atoms with Crippen LogP contribution in [0.4, 0.5) is 0 Å². The summed E-state index contributed by atoms with van der Waals surface area (Å²) in [7, 11) is 0. The van der Waals surface area contributed by atoms with Crippen molar-refractivity contribution in [2.75, 3.05) is 32.8 Å². The lowest BCUT2D eigenvalue weighted by atomic mass is 9.84. The zero-order chi connectivity index (χ0) is 16.9. The second kappa shape index (κ2) is 7.69. The normalized spacial score (nSPS) is 21.8. The molecule has 2 fully saturated rings. The third kappa shape index (κ3) is 4.08. The Hall–Kier alpha value is -2.04. The summed E-state index contributed by atoms with van der Waals surface area (Å²) in [5, 5.41) is 0. The monoisotopic (exact) mass is 330 g/mol. The van der Waals surface area contributed by atoms with Crippen LogP contribution in [0.25, 0.3) is 0 Å². The van der Waals surface area contributed by atoms with Gasteiger partial charge in [-0.25, -0.2) is 0 Å². The summed E-state index contributed by atoms with van der Waals surface area (Å²) in [5.41, 5.74) is 0. The van der Waals surface area contributed by atoms with Crippen molar-refractivity contribution in [3.63, 3.8) is 0 Å². The SMILES string of the molecule is CC(=O)N1CCC(C2CCN(C(=O)COc3ccccc3)C2)CC1. The van der Waals surface area contributed by atoms with E-state index in [9.17, 15) is 9.59 Å². The molecule has 1 aromatic carbocycles. The lowest BCUT2D eigenvalue weighted by Gasteiger charge is -2.34. The van der Waals surface area contributed by atoms with E-state index in [1.165, 1.54) is 0 Å². The molecule has 2 saturated heterocycles. The number of amides is 2. The number of rotatable bonds is 4. The van der Waals surface area contributed by atoms with E-state index in [4.69, 9.17) is 4.74 Å². The standard InChI is InChI=1S/C19H26N2O3/c1-15(22)20-10-7-16(8-11-20)17-9-12-21(13-17)19(23)14-24-18-5-3-2-4-6-18/h2-6,16-17H,7-14H2,1H3. The number of hydrogen-bond donors (Lipinski definition) is 0. The quantitative estimate of drug-likeness (QED) is 0.850. The first-order valence-electron chi connectivity index (χ1n) is 8.84. The highest BCUT2D eigenvalue weighted by molar-refractivity contribution is 5.78. The number of benzene rings is 1. The zero-order valence-electron chi connectivity index (χ0n) is 14.3. The Kier molecular flexibility index (Phi) is 5.38. The molecule has 0 saturated carbocycles. The first kappa shape index (κ1) is 16.8. The van der Waals surface area contributed by atoms with Crippen LogP contribution in [-0.4, -0.2) is 54.4 Å². The molecule has 5 nitrogen and oxygen atoms in total. The first-order chi connectivity index (χ1) is 11.6. The van der Waals surface area contributed by atoms with E-state index in [1.54, 1.807) is 6.92 Å². The number of hydrogen-bond acceptors (Lipinski definition) is 3. The lowest BCUT2D eigenvalue weighted by molar-refractivity contribution is -0.132. The number of para-hydroxylation sites is 1. The Morgan fingerprint density at radius 2 is 1.62 bits per heavy atom. The molecule has 0 aromatic heterocycles. The van der Waals surface area contributed by atoms with Crippen LogP contribution in [0.1, 0.15) is 26.2 Å². The zero-order valence-corrected chi connectivity index (χ0v) is 14.3. The summed E-state index contributed by atoms with van der Waals surface area (Å²) in [6.07, 6.45) is 3.20. The van der Waals surface area contributed by atoms with Gasteiger partial charge in [0, 0.05) is 33.1 Å². The minimum absolute atomic E-state index is 0.0718. The van der Waals surface area contributed by atoms with Gasteiger partial charge in [0.25, 0.3) is 5.91 Å². The minimum Gasteiger partial charge on any atom is -0.484 e. The van der Waals surface area contributed by atoms with Gasteiger partial charge in [0.1, 0.15) is 5.75 Å². The van der Waals surface area contributed by atoms with Crippen LogP contribution in [0, 0.1) is 11.8 Å². The molecule has 3 rings (SSSR count). The fourth-order valence-corrected chi connectivity index (χ4v) is 3.84. The smallest absolute Gasteiger partial charge is 0.260 e. The van der Waals surface area contributed by atoms with Crippen molar-refractivity contribution in [1.82, 2.24) is 9.80 Å². The molecule has 0 N–H and O–H groups in total. The van der Waals surface area contributed by atoms with Gasteiger partial charge >= 0.3 is 0 Å². The highest BCUT2D eigenvalue weighted by Gasteiger charge is 2.34. The maximum Gasteiger partial charge on any atom is 0.260 e. The highest BCUT2D eigenvalue weighted by Crippen LogP contribution is 2.32. The fraction of sp³-hybridized carbons (Fsp3) is 0.579. The van der Waals surface area contributed by atoms with Gasteiger partial charge in [-0.3, -0.25) is 9.59 Å². The minimum atomic E-state index is 0.0718. The van der Waals surface area contributed by atoms with E-state index in [0.29, 0.717) is 11.8 Å². The number of carbonyl (C=O) groups excluding carboxylic acids is 2. The van der Waals surface area contributed by atoms with Gasteiger partial charge in [-0.2, -0.15) is 0 Å². The van der Waals surface area contributed by atoms with Gasteiger partial charge in [0.15, 0.2) is 6.61 Å². The largest absolute Gasteiger partial charge is 0.484 e. The van der Waals surface area contributed by atoms with Crippen LogP contribution in [0.15, 0.2) is 30.3 Å². The van der Waals surface area contributed by atoms with Crippen molar-refractivity contribution in [2.45, 2.75) is 26.2 Å². The molecule has 5 heteroatoms. The number of piperidine rings is 1. The molecular formula is C19H26N2O3. The van der Waals surface area contributed by atoms with Crippen LogP contribution >= 0.6 is 0 Å². The molecule has 130 valence electrons. The van der Waals surface area contributed by atoms with Crippen molar-refractivity contribution in [3.8, 4) is 5.75 Å². The third-order valence-electron chi connectivity index (χ3n) is 5.33. The van der Waals surface area contributed by atoms with Crippen molar-refractivity contribution in [3.05, 3.63) is 30.3 Å². The Morgan fingerprint density at radius 1 is 1.00 bits per heavy atom. The molecule has 2 aliphatic rings. The average molecular weight is 330 g/mol. The van der Waals surface area contributed by atoms with Gasteiger partial charge in [0.2, 0.25) is 5.91 Å². The number of likely N-dealkylation sites (tertiary alicyclic amines) is 2. The topological polar surface area (TPSA) is 49.9 Å². The molecule has 0 aliphatic carbocycles. The van der Waals surface area contributed by atoms with Gasteiger partial charge < -0.3 is 14.5 Å².